The number of thioether (sulfide) groups is 1. The standard InChI is InChI=1S/C25H18Br3NO4S/c1-32-21-11-17(10-20(28)23(21)33-14-16-4-8-19(27)9-5-16)12-22-24(30)29(25(31)34-22)13-15-2-6-18(26)7-3-15/h2-12H,13-14H2,1H3/b22-12-. The first-order chi connectivity index (χ1) is 16.3. The second-order valence-electron chi connectivity index (χ2n) is 7.34. The molecule has 0 radical (unpaired) electrons. The van der Waals surface area contributed by atoms with Gasteiger partial charge in [0.1, 0.15) is 6.61 Å². The minimum absolute atomic E-state index is 0.227. The minimum atomic E-state index is -0.316. The Morgan fingerprint density at radius 1 is 0.912 bits per heavy atom. The lowest BCUT2D eigenvalue weighted by atomic mass is 10.1. The van der Waals surface area contributed by atoms with E-state index in [1.54, 1.807) is 19.3 Å². The second kappa shape index (κ2) is 11.1. The minimum Gasteiger partial charge on any atom is -0.493 e. The second-order valence-corrected chi connectivity index (χ2v) is 11.0. The van der Waals surface area contributed by atoms with Gasteiger partial charge in [-0.15, -0.1) is 0 Å². The van der Waals surface area contributed by atoms with Crippen molar-refractivity contribution >= 4 is 76.8 Å². The van der Waals surface area contributed by atoms with Gasteiger partial charge in [-0.3, -0.25) is 14.5 Å². The molecular weight excluding hydrogens is 650 g/mol. The van der Waals surface area contributed by atoms with E-state index >= 15 is 0 Å². The fourth-order valence-electron chi connectivity index (χ4n) is 3.26. The van der Waals surface area contributed by atoms with Gasteiger partial charge >= 0.3 is 0 Å². The van der Waals surface area contributed by atoms with Crippen LogP contribution in [0, 0.1) is 0 Å². The number of rotatable bonds is 7. The van der Waals surface area contributed by atoms with Crippen molar-refractivity contribution in [3.63, 3.8) is 0 Å². The van der Waals surface area contributed by atoms with Crippen LogP contribution in [0.5, 0.6) is 11.5 Å². The van der Waals surface area contributed by atoms with Gasteiger partial charge in [-0.25, -0.2) is 0 Å². The highest BCUT2D eigenvalue weighted by molar-refractivity contribution is 9.11. The van der Waals surface area contributed by atoms with Crippen LogP contribution in [-0.4, -0.2) is 23.2 Å². The summed E-state index contributed by atoms with van der Waals surface area (Å²) in [6.07, 6.45) is 1.69. The fourth-order valence-corrected chi connectivity index (χ4v) is 5.20. The molecule has 0 N–H and O–H groups in total. The molecule has 5 nitrogen and oxygen atoms in total. The number of carbonyl (C=O) groups is 2. The van der Waals surface area contributed by atoms with Crippen LogP contribution >= 0.6 is 59.6 Å². The van der Waals surface area contributed by atoms with E-state index in [-0.39, 0.29) is 17.7 Å². The Kier molecular flexibility index (Phi) is 8.18. The summed E-state index contributed by atoms with van der Waals surface area (Å²) in [5, 5.41) is -0.292. The predicted octanol–water partition coefficient (Wildman–Crippen LogP) is 7.80. The zero-order chi connectivity index (χ0) is 24.2. The number of amides is 2. The molecular formula is C25H18Br3NO4S. The topological polar surface area (TPSA) is 55.8 Å². The average molecular weight is 668 g/mol. The third-order valence-corrected chi connectivity index (χ3v) is 7.53. The van der Waals surface area contributed by atoms with E-state index in [0.29, 0.717) is 33.0 Å². The van der Waals surface area contributed by atoms with Crippen LogP contribution in [0.1, 0.15) is 16.7 Å². The van der Waals surface area contributed by atoms with Crippen LogP contribution in [0.2, 0.25) is 0 Å². The van der Waals surface area contributed by atoms with Crippen LogP contribution in [0.4, 0.5) is 4.79 Å². The molecule has 0 bridgehead atoms. The molecule has 1 aliphatic rings. The maximum absolute atomic E-state index is 12.9. The smallest absolute Gasteiger partial charge is 0.293 e. The molecule has 9 heteroatoms. The van der Waals surface area contributed by atoms with Crippen molar-refractivity contribution in [2.75, 3.05) is 7.11 Å². The van der Waals surface area contributed by atoms with E-state index in [4.69, 9.17) is 9.47 Å². The highest BCUT2D eigenvalue weighted by Gasteiger charge is 2.35. The van der Waals surface area contributed by atoms with Crippen molar-refractivity contribution in [1.82, 2.24) is 4.90 Å². The van der Waals surface area contributed by atoms with E-state index in [2.05, 4.69) is 47.8 Å². The van der Waals surface area contributed by atoms with Crippen LogP contribution in [0.3, 0.4) is 0 Å². The van der Waals surface area contributed by atoms with Crippen molar-refractivity contribution in [2.45, 2.75) is 13.2 Å². The number of ether oxygens (including phenoxy) is 2. The maximum Gasteiger partial charge on any atom is 0.293 e. The van der Waals surface area contributed by atoms with Crippen molar-refractivity contribution < 1.29 is 19.1 Å². The number of imide groups is 1. The zero-order valence-electron chi connectivity index (χ0n) is 17.9. The summed E-state index contributed by atoms with van der Waals surface area (Å²) in [4.78, 5) is 27.0. The number of halogens is 3. The molecule has 0 aliphatic carbocycles. The summed E-state index contributed by atoms with van der Waals surface area (Å²) in [7, 11) is 1.56. The van der Waals surface area contributed by atoms with Gasteiger partial charge < -0.3 is 9.47 Å². The quantitative estimate of drug-likeness (QED) is 0.241. The van der Waals surface area contributed by atoms with Gasteiger partial charge in [0, 0.05) is 8.95 Å². The Morgan fingerprint density at radius 2 is 1.53 bits per heavy atom. The molecule has 0 spiro atoms. The summed E-state index contributed by atoms with van der Waals surface area (Å²) in [6.45, 7) is 0.599. The first-order valence-corrected chi connectivity index (χ1v) is 13.3. The number of carbonyl (C=O) groups excluding carboxylic acids is 2. The van der Waals surface area contributed by atoms with Crippen LogP contribution < -0.4 is 9.47 Å². The predicted molar refractivity (Wildman–Crippen MR) is 145 cm³/mol. The number of hydrogen-bond acceptors (Lipinski definition) is 5. The fraction of sp³-hybridized carbons (Fsp3) is 0.120. The third-order valence-electron chi connectivity index (χ3n) is 4.97. The Labute approximate surface area is 226 Å². The van der Waals surface area contributed by atoms with Gasteiger partial charge in [0.25, 0.3) is 11.1 Å². The monoisotopic (exact) mass is 665 g/mol. The van der Waals surface area contributed by atoms with Crippen LogP contribution in [0.25, 0.3) is 6.08 Å². The summed E-state index contributed by atoms with van der Waals surface area (Å²) in [5.41, 5.74) is 2.61. The highest BCUT2D eigenvalue weighted by Crippen LogP contribution is 2.39. The lowest BCUT2D eigenvalue weighted by molar-refractivity contribution is -0.123. The molecule has 1 fully saturated rings. The molecule has 2 amide bonds. The molecule has 1 saturated heterocycles. The van der Waals surface area contributed by atoms with Gasteiger partial charge in [0.15, 0.2) is 11.5 Å². The first-order valence-electron chi connectivity index (χ1n) is 10.1. The molecule has 174 valence electrons. The summed E-state index contributed by atoms with van der Waals surface area (Å²) in [6, 6.07) is 19.0. The normalized spacial score (nSPS) is 14.7. The number of methoxy groups -OCH3 is 1. The lowest BCUT2D eigenvalue weighted by Crippen LogP contribution is -2.27. The van der Waals surface area contributed by atoms with Crippen LogP contribution in [-0.2, 0) is 17.9 Å². The van der Waals surface area contributed by atoms with Gasteiger partial charge in [-0.05, 0) is 86.9 Å². The summed E-state index contributed by atoms with van der Waals surface area (Å²) < 4.78 is 14.1. The van der Waals surface area contributed by atoms with Crippen molar-refractivity contribution in [1.29, 1.82) is 0 Å². The molecule has 3 aromatic rings. The molecule has 1 aliphatic heterocycles. The SMILES string of the molecule is COc1cc(/C=C2\SC(=O)N(Cc3ccc(Br)cc3)C2=O)cc(Br)c1OCc1ccc(Br)cc1. The molecule has 0 aromatic heterocycles. The molecule has 0 unspecified atom stereocenters. The molecule has 3 aromatic carbocycles. The molecule has 0 saturated carbocycles. The van der Waals surface area contributed by atoms with E-state index in [1.165, 1.54) is 4.90 Å². The first kappa shape index (κ1) is 25.0. The zero-order valence-corrected chi connectivity index (χ0v) is 23.5. The van der Waals surface area contributed by atoms with E-state index in [0.717, 1.165) is 31.8 Å². The van der Waals surface area contributed by atoms with Gasteiger partial charge in [-0.2, -0.15) is 0 Å². The van der Waals surface area contributed by atoms with Crippen LogP contribution in [0.15, 0.2) is 79.0 Å². The van der Waals surface area contributed by atoms with E-state index in [9.17, 15) is 9.59 Å². The number of hydrogen-bond donors (Lipinski definition) is 0. The molecule has 34 heavy (non-hydrogen) atoms. The van der Waals surface area contributed by atoms with E-state index < -0.39 is 0 Å². The third kappa shape index (κ3) is 5.94. The molecule has 1 heterocycles. The number of nitrogens with zero attached hydrogens (tertiary/aromatic N) is 1. The van der Waals surface area contributed by atoms with Crippen molar-refractivity contribution in [3.8, 4) is 11.5 Å². The van der Waals surface area contributed by atoms with E-state index in [1.807, 2.05) is 54.6 Å². The van der Waals surface area contributed by atoms with Gasteiger partial charge in [0.05, 0.1) is 23.0 Å². The molecule has 4 rings (SSSR count). The Hall–Kier alpha value is -2.07. The van der Waals surface area contributed by atoms with Gasteiger partial charge in [-0.1, -0.05) is 56.1 Å². The Morgan fingerprint density at radius 3 is 2.15 bits per heavy atom. The Balaban J connectivity index is 1.52. The van der Waals surface area contributed by atoms with Crippen molar-refractivity contribution in [2.24, 2.45) is 0 Å². The Bertz CT molecular complexity index is 1260. The number of benzene rings is 3. The summed E-state index contributed by atoms with van der Waals surface area (Å²) >= 11 is 11.3. The maximum atomic E-state index is 12.9. The lowest BCUT2D eigenvalue weighted by Gasteiger charge is -2.14. The van der Waals surface area contributed by atoms with Crippen molar-refractivity contribution in [3.05, 3.63) is 95.7 Å². The summed E-state index contributed by atoms with van der Waals surface area (Å²) in [5.74, 6) is 0.765. The average Bonchev–Trinajstić information content (AvgIpc) is 3.07. The van der Waals surface area contributed by atoms with Gasteiger partial charge in [0.2, 0.25) is 0 Å². The highest BCUT2D eigenvalue weighted by atomic mass is 79.9. The molecule has 0 atom stereocenters. The largest absolute Gasteiger partial charge is 0.493 e.